The fourth-order valence-corrected chi connectivity index (χ4v) is 3.80. The Morgan fingerprint density at radius 2 is 1.96 bits per heavy atom. The molecule has 3 heterocycles. The molecule has 0 bridgehead atoms. The van der Waals surface area contributed by atoms with Crippen LogP contribution in [0.3, 0.4) is 0 Å². The molecule has 0 N–H and O–H groups in total. The highest BCUT2D eigenvalue weighted by Crippen LogP contribution is 2.22. The van der Waals surface area contributed by atoms with Crippen LogP contribution in [0.2, 0.25) is 5.02 Å². The zero-order valence-electron chi connectivity index (χ0n) is 15.1. The minimum atomic E-state index is 0.0375. The SMILES string of the molecule is O=C([C@H]1CCCN(Cc2nc(-c3ccc(Cl)cc3)no2)C1)N1CCOCC1. The van der Waals surface area contributed by atoms with Gasteiger partial charge in [0.05, 0.1) is 25.7 Å². The smallest absolute Gasteiger partial charge is 0.241 e. The molecule has 27 heavy (non-hydrogen) atoms. The van der Waals surface area contributed by atoms with E-state index in [0.29, 0.717) is 49.6 Å². The monoisotopic (exact) mass is 390 g/mol. The molecule has 144 valence electrons. The van der Waals surface area contributed by atoms with Gasteiger partial charge in [-0.15, -0.1) is 0 Å². The maximum atomic E-state index is 12.7. The molecule has 7 nitrogen and oxygen atoms in total. The van der Waals surface area contributed by atoms with E-state index >= 15 is 0 Å². The topological polar surface area (TPSA) is 71.7 Å². The van der Waals surface area contributed by atoms with Gasteiger partial charge in [0.25, 0.3) is 0 Å². The van der Waals surface area contributed by atoms with Gasteiger partial charge in [0.2, 0.25) is 17.6 Å². The van der Waals surface area contributed by atoms with Crippen LogP contribution in [0.5, 0.6) is 0 Å². The van der Waals surface area contributed by atoms with Crippen molar-refractivity contribution in [1.82, 2.24) is 19.9 Å². The molecule has 2 aliphatic heterocycles. The number of hydrogen-bond donors (Lipinski definition) is 0. The first-order valence-electron chi connectivity index (χ1n) is 9.36. The minimum Gasteiger partial charge on any atom is -0.378 e. The Labute approximate surface area is 163 Å². The summed E-state index contributed by atoms with van der Waals surface area (Å²) in [5.41, 5.74) is 0.869. The lowest BCUT2D eigenvalue weighted by Crippen LogP contribution is -2.48. The standard InChI is InChI=1S/C19H23ClN4O3/c20-16-5-3-14(4-6-16)18-21-17(27-22-18)13-23-7-1-2-15(12-23)19(25)24-8-10-26-11-9-24/h3-6,15H,1-2,7-13H2/t15-/m0/s1. The molecule has 0 saturated carbocycles. The van der Waals surface area contributed by atoms with Gasteiger partial charge in [0, 0.05) is 30.2 Å². The Hall–Kier alpha value is -1.96. The first kappa shape index (κ1) is 18.4. The zero-order chi connectivity index (χ0) is 18.6. The third-order valence-corrected chi connectivity index (χ3v) is 5.36. The first-order chi connectivity index (χ1) is 13.2. The lowest BCUT2D eigenvalue weighted by atomic mass is 9.96. The Morgan fingerprint density at radius 1 is 1.19 bits per heavy atom. The summed E-state index contributed by atoms with van der Waals surface area (Å²) in [6.45, 7) is 4.90. The van der Waals surface area contributed by atoms with E-state index < -0.39 is 0 Å². The Morgan fingerprint density at radius 3 is 2.74 bits per heavy atom. The molecule has 0 aliphatic carbocycles. The van der Waals surface area contributed by atoms with Crippen molar-refractivity contribution < 1.29 is 14.1 Å². The summed E-state index contributed by atoms with van der Waals surface area (Å²) >= 11 is 5.92. The quantitative estimate of drug-likeness (QED) is 0.798. The van der Waals surface area contributed by atoms with Crippen molar-refractivity contribution >= 4 is 17.5 Å². The van der Waals surface area contributed by atoms with Crippen molar-refractivity contribution in [2.24, 2.45) is 5.92 Å². The molecule has 0 spiro atoms. The summed E-state index contributed by atoms with van der Waals surface area (Å²) in [5, 5.41) is 4.74. The average molecular weight is 391 g/mol. The number of morpholine rings is 1. The number of hydrogen-bond acceptors (Lipinski definition) is 6. The molecule has 4 rings (SSSR count). The third-order valence-electron chi connectivity index (χ3n) is 5.11. The fourth-order valence-electron chi connectivity index (χ4n) is 3.67. The van der Waals surface area contributed by atoms with E-state index in [9.17, 15) is 4.79 Å². The lowest BCUT2D eigenvalue weighted by Gasteiger charge is -2.35. The minimum absolute atomic E-state index is 0.0375. The lowest BCUT2D eigenvalue weighted by molar-refractivity contribution is -0.141. The summed E-state index contributed by atoms with van der Waals surface area (Å²) < 4.78 is 10.8. The zero-order valence-corrected chi connectivity index (χ0v) is 15.9. The molecule has 1 aromatic carbocycles. The summed E-state index contributed by atoms with van der Waals surface area (Å²) in [6.07, 6.45) is 1.94. The van der Waals surface area contributed by atoms with E-state index in [2.05, 4.69) is 15.0 Å². The summed E-state index contributed by atoms with van der Waals surface area (Å²) in [4.78, 5) is 21.4. The van der Waals surface area contributed by atoms with Gasteiger partial charge < -0.3 is 14.2 Å². The van der Waals surface area contributed by atoms with E-state index in [1.807, 2.05) is 17.0 Å². The highest BCUT2D eigenvalue weighted by Gasteiger charge is 2.30. The molecule has 1 atom stereocenters. The number of carbonyl (C=O) groups is 1. The number of carbonyl (C=O) groups excluding carboxylic acids is 1. The van der Waals surface area contributed by atoms with Crippen LogP contribution in [-0.4, -0.2) is 65.2 Å². The summed E-state index contributed by atoms with van der Waals surface area (Å²) in [5.74, 6) is 1.41. The molecule has 2 fully saturated rings. The van der Waals surface area contributed by atoms with Crippen molar-refractivity contribution in [3.8, 4) is 11.4 Å². The predicted octanol–water partition coefficient (Wildman–Crippen LogP) is 2.46. The maximum absolute atomic E-state index is 12.7. The number of nitrogens with zero attached hydrogens (tertiary/aromatic N) is 4. The van der Waals surface area contributed by atoms with E-state index in [4.69, 9.17) is 20.9 Å². The van der Waals surface area contributed by atoms with Gasteiger partial charge in [-0.25, -0.2) is 0 Å². The number of halogens is 1. The second-order valence-corrected chi connectivity index (χ2v) is 7.47. The molecule has 2 aromatic rings. The molecule has 0 radical (unpaired) electrons. The molecule has 2 aliphatic rings. The van der Waals surface area contributed by atoms with Crippen LogP contribution in [0.1, 0.15) is 18.7 Å². The summed E-state index contributed by atoms with van der Waals surface area (Å²) in [7, 11) is 0. The van der Waals surface area contributed by atoms with E-state index in [0.717, 1.165) is 31.5 Å². The highest BCUT2D eigenvalue weighted by atomic mass is 35.5. The highest BCUT2D eigenvalue weighted by molar-refractivity contribution is 6.30. The maximum Gasteiger partial charge on any atom is 0.241 e. The molecular weight excluding hydrogens is 368 g/mol. The van der Waals surface area contributed by atoms with Gasteiger partial charge >= 0.3 is 0 Å². The van der Waals surface area contributed by atoms with Gasteiger partial charge in [0.1, 0.15) is 0 Å². The number of rotatable bonds is 4. The van der Waals surface area contributed by atoms with Crippen molar-refractivity contribution in [3.05, 3.63) is 35.2 Å². The van der Waals surface area contributed by atoms with Gasteiger partial charge in [-0.1, -0.05) is 16.8 Å². The predicted molar refractivity (Wildman–Crippen MR) is 100 cm³/mol. The van der Waals surface area contributed by atoms with Gasteiger partial charge in [-0.3, -0.25) is 9.69 Å². The van der Waals surface area contributed by atoms with Crippen LogP contribution in [0.15, 0.2) is 28.8 Å². The largest absolute Gasteiger partial charge is 0.378 e. The molecule has 1 amide bonds. The Balaban J connectivity index is 1.36. The molecular formula is C19H23ClN4O3. The number of aromatic nitrogens is 2. The summed E-state index contributed by atoms with van der Waals surface area (Å²) in [6, 6.07) is 7.35. The molecule has 0 unspecified atom stereocenters. The van der Waals surface area contributed by atoms with Crippen LogP contribution in [0, 0.1) is 5.92 Å². The molecule has 8 heteroatoms. The number of piperidine rings is 1. The van der Waals surface area contributed by atoms with Crippen LogP contribution in [-0.2, 0) is 16.1 Å². The van der Waals surface area contributed by atoms with E-state index in [1.165, 1.54) is 0 Å². The van der Waals surface area contributed by atoms with Crippen LogP contribution < -0.4 is 0 Å². The molecule has 1 aromatic heterocycles. The van der Waals surface area contributed by atoms with Gasteiger partial charge in [-0.05, 0) is 43.7 Å². The van der Waals surface area contributed by atoms with E-state index in [1.54, 1.807) is 12.1 Å². The number of benzene rings is 1. The van der Waals surface area contributed by atoms with Gasteiger partial charge in [-0.2, -0.15) is 4.98 Å². The second-order valence-electron chi connectivity index (χ2n) is 7.03. The van der Waals surface area contributed by atoms with Crippen LogP contribution in [0.25, 0.3) is 11.4 Å². The second kappa shape index (κ2) is 8.37. The number of amides is 1. The number of likely N-dealkylation sites (tertiary alicyclic amines) is 1. The van der Waals surface area contributed by atoms with Crippen molar-refractivity contribution in [2.45, 2.75) is 19.4 Å². The van der Waals surface area contributed by atoms with Crippen molar-refractivity contribution in [2.75, 3.05) is 39.4 Å². The molecule has 2 saturated heterocycles. The van der Waals surface area contributed by atoms with Crippen molar-refractivity contribution in [3.63, 3.8) is 0 Å². The normalized spacial score (nSPS) is 21.4. The Kier molecular flexibility index (Phi) is 5.71. The van der Waals surface area contributed by atoms with Crippen LogP contribution in [0.4, 0.5) is 0 Å². The van der Waals surface area contributed by atoms with Crippen LogP contribution >= 0.6 is 11.6 Å². The first-order valence-corrected chi connectivity index (χ1v) is 9.74. The number of ether oxygens (including phenoxy) is 1. The average Bonchev–Trinajstić information content (AvgIpc) is 3.17. The van der Waals surface area contributed by atoms with E-state index in [-0.39, 0.29) is 11.8 Å². The van der Waals surface area contributed by atoms with Crippen molar-refractivity contribution in [1.29, 1.82) is 0 Å². The fraction of sp³-hybridized carbons (Fsp3) is 0.526. The third kappa shape index (κ3) is 4.48. The Bertz CT molecular complexity index is 774. The van der Waals surface area contributed by atoms with Gasteiger partial charge in [0.15, 0.2) is 0 Å².